The van der Waals surface area contributed by atoms with Crippen LogP contribution in [0.15, 0.2) is 36.7 Å². The summed E-state index contributed by atoms with van der Waals surface area (Å²) in [6.45, 7) is 0.322. The zero-order chi connectivity index (χ0) is 12.8. The van der Waals surface area contributed by atoms with E-state index in [-0.39, 0.29) is 0 Å². The molecule has 4 nitrogen and oxygen atoms in total. The van der Waals surface area contributed by atoms with Crippen molar-refractivity contribution < 1.29 is 9.47 Å². The highest BCUT2D eigenvalue weighted by atomic mass is 79.9. The van der Waals surface area contributed by atoms with Gasteiger partial charge in [0.05, 0.1) is 7.11 Å². The lowest BCUT2D eigenvalue weighted by Crippen LogP contribution is -2.02. The minimum atomic E-state index is 0.322. The van der Waals surface area contributed by atoms with Crippen molar-refractivity contribution >= 4 is 15.9 Å². The van der Waals surface area contributed by atoms with Crippen LogP contribution in [-0.4, -0.2) is 17.1 Å². The summed E-state index contributed by atoms with van der Waals surface area (Å²) in [6, 6.07) is 7.59. The molecular weight excluding hydrogens is 296 g/mol. The lowest BCUT2D eigenvalue weighted by molar-refractivity contribution is 0.276. The average Bonchev–Trinajstić information content (AvgIpc) is 2.45. The van der Waals surface area contributed by atoms with Crippen LogP contribution in [0.2, 0.25) is 0 Å². The zero-order valence-corrected chi connectivity index (χ0v) is 11.6. The number of ether oxygens (including phenoxy) is 2. The summed E-state index contributed by atoms with van der Waals surface area (Å²) >= 11 is 3.41. The Morgan fingerprint density at radius 2 is 1.94 bits per heavy atom. The highest BCUT2D eigenvalue weighted by Crippen LogP contribution is 2.29. The summed E-state index contributed by atoms with van der Waals surface area (Å²) < 4.78 is 10.9. The normalized spacial score (nSPS) is 10.1. The van der Waals surface area contributed by atoms with E-state index in [2.05, 4.69) is 25.9 Å². The molecule has 0 unspecified atom stereocenters. The molecule has 0 saturated heterocycles. The summed E-state index contributed by atoms with van der Waals surface area (Å²) in [5.41, 5.74) is 1.12. The van der Waals surface area contributed by atoms with Crippen LogP contribution in [0.3, 0.4) is 0 Å². The predicted molar refractivity (Wildman–Crippen MR) is 72.0 cm³/mol. The number of halogens is 1. The summed E-state index contributed by atoms with van der Waals surface area (Å²) in [4.78, 5) is 8.21. The van der Waals surface area contributed by atoms with Gasteiger partial charge >= 0.3 is 0 Å². The first-order valence-corrected chi connectivity index (χ1v) is 6.57. The first-order valence-electron chi connectivity index (χ1n) is 5.45. The van der Waals surface area contributed by atoms with Crippen LogP contribution in [-0.2, 0) is 11.9 Å². The van der Waals surface area contributed by atoms with E-state index >= 15 is 0 Å². The van der Waals surface area contributed by atoms with Gasteiger partial charge < -0.3 is 9.47 Å². The Bertz CT molecular complexity index is 506. The van der Waals surface area contributed by atoms with Crippen LogP contribution in [0.4, 0.5) is 0 Å². The quantitative estimate of drug-likeness (QED) is 0.797. The molecule has 0 aliphatic rings. The van der Waals surface area contributed by atoms with E-state index < -0.39 is 0 Å². The Labute approximate surface area is 114 Å². The molecule has 0 bridgehead atoms. The number of nitrogens with zero attached hydrogens (tertiary/aromatic N) is 2. The third kappa shape index (κ3) is 3.20. The minimum absolute atomic E-state index is 0.322. The van der Waals surface area contributed by atoms with E-state index in [0.29, 0.717) is 23.9 Å². The smallest absolute Gasteiger partial charge is 0.166 e. The van der Waals surface area contributed by atoms with E-state index in [1.54, 1.807) is 25.6 Å². The second-order valence-electron chi connectivity index (χ2n) is 3.57. The Balaban J connectivity index is 2.12. The Kier molecular flexibility index (Phi) is 4.52. The van der Waals surface area contributed by atoms with Gasteiger partial charge in [-0.3, -0.25) is 0 Å². The Morgan fingerprint density at radius 3 is 2.61 bits per heavy atom. The Hall–Kier alpha value is -1.62. The van der Waals surface area contributed by atoms with Crippen molar-refractivity contribution in [1.29, 1.82) is 0 Å². The van der Waals surface area contributed by atoms with Gasteiger partial charge in [-0.25, -0.2) is 9.97 Å². The van der Waals surface area contributed by atoms with Crippen LogP contribution in [0.1, 0.15) is 11.4 Å². The first kappa shape index (κ1) is 12.8. The number of methoxy groups -OCH3 is 1. The fourth-order valence-corrected chi connectivity index (χ4v) is 1.81. The van der Waals surface area contributed by atoms with Gasteiger partial charge in [0.2, 0.25) is 0 Å². The van der Waals surface area contributed by atoms with Crippen LogP contribution >= 0.6 is 15.9 Å². The van der Waals surface area contributed by atoms with Crippen molar-refractivity contribution in [3.05, 3.63) is 48.0 Å². The largest absolute Gasteiger partial charge is 0.493 e. The molecule has 1 aromatic carbocycles. The van der Waals surface area contributed by atoms with Gasteiger partial charge in [0.25, 0.3) is 0 Å². The lowest BCUT2D eigenvalue weighted by atomic mass is 10.2. The molecule has 1 aromatic heterocycles. The molecule has 0 radical (unpaired) electrons. The molecule has 0 fully saturated rings. The number of alkyl halides is 1. The SMILES string of the molecule is COc1ccc(CBr)cc1OCc1ncccn1. The maximum atomic E-state index is 5.69. The fourth-order valence-electron chi connectivity index (χ4n) is 1.46. The van der Waals surface area contributed by atoms with Gasteiger partial charge in [-0.05, 0) is 23.8 Å². The van der Waals surface area contributed by atoms with Crippen LogP contribution < -0.4 is 9.47 Å². The number of hydrogen-bond acceptors (Lipinski definition) is 4. The van der Waals surface area contributed by atoms with E-state index in [1.807, 2.05) is 18.2 Å². The van der Waals surface area contributed by atoms with Crippen LogP contribution in [0, 0.1) is 0 Å². The number of benzene rings is 1. The molecule has 94 valence electrons. The van der Waals surface area contributed by atoms with Gasteiger partial charge in [0.15, 0.2) is 17.3 Å². The molecule has 0 aliphatic carbocycles. The van der Waals surface area contributed by atoms with E-state index in [0.717, 1.165) is 10.9 Å². The highest BCUT2D eigenvalue weighted by Gasteiger charge is 2.06. The van der Waals surface area contributed by atoms with Crippen LogP contribution in [0.25, 0.3) is 0 Å². The van der Waals surface area contributed by atoms with E-state index in [1.165, 1.54) is 0 Å². The molecule has 0 spiro atoms. The van der Waals surface area contributed by atoms with Gasteiger partial charge in [0, 0.05) is 17.7 Å². The monoisotopic (exact) mass is 308 g/mol. The summed E-state index contributed by atoms with van der Waals surface area (Å²) in [5.74, 6) is 2.04. The van der Waals surface area contributed by atoms with Gasteiger partial charge in [-0.2, -0.15) is 0 Å². The highest BCUT2D eigenvalue weighted by molar-refractivity contribution is 9.08. The van der Waals surface area contributed by atoms with Crippen molar-refractivity contribution in [3.8, 4) is 11.5 Å². The number of hydrogen-bond donors (Lipinski definition) is 0. The van der Waals surface area contributed by atoms with Crippen molar-refractivity contribution in [2.45, 2.75) is 11.9 Å². The molecule has 0 atom stereocenters. The molecular formula is C13H13BrN2O2. The second kappa shape index (κ2) is 6.35. The molecule has 0 amide bonds. The molecule has 5 heteroatoms. The topological polar surface area (TPSA) is 44.2 Å². The van der Waals surface area contributed by atoms with Crippen molar-refractivity contribution in [2.75, 3.05) is 7.11 Å². The predicted octanol–water partition coefficient (Wildman–Crippen LogP) is 2.96. The lowest BCUT2D eigenvalue weighted by Gasteiger charge is -2.11. The van der Waals surface area contributed by atoms with Gasteiger partial charge in [-0.1, -0.05) is 22.0 Å². The molecule has 2 aromatic rings. The number of aromatic nitrogens is 2. The summed E-state index contributed by atoms with van der Waals surface area (Å²) in [7, 11) is 1.62. The van der Waals surface area contributed by atoms with Crippen molar-refractivity contribution in [2.24, 2.45) is 0 Å². The third-order valence-electron chi connectivity index (χ3n) is 2.36. The Morgan fingerprint density at radius 1 is 1.17 bits per heavy atom. The minimum Gasteiger partial charge on any atom is -0.493 e. The average molecular weight is 309 g/mol. The molecule has 18 heavy (non-hydrogen) atoms. The van der Waals surface area contributed by atoms with Gasteiger partial charge in [0.1, 0.15) is 6.61 Å². The molecule has 2 rings (SSSR count). The second-order valence-corrected chi connectivity index (χ2v) is 4.13. The van der Waals surface area contributed by atoms with Crippen LogP contribution in [0.5, 0.6) is 11.5 Å². The van der Waals surface area contributed by atoms with Crippen molar-refractivity contribution in [3.63, 3.8) is 0 Å². The standard InChI is InChI=1S/C13H13BrN2O2/c1-17-11-4-3-10(8-14)7-12(11)18-9-13-15-5-2-6-16-13/h2-7H,8-9H2,1H3. The number of rotatable bonds is 5. The molecule has 0 aliphatic heterocycles. The van der Waals surface area contributed by atoms with E-state index in [9.17, 15) is 0 Å². The maximum Gasteiger partial charge on any atom is 0.166 e. The molecule has 1 heterocycles. The molecule has 0 N–H and O–H groups in total. The maximum absolute atomic E-state index is 5.69. The summed E-state index contributed by atoms with van der Waals surface area (Å²) in [6.07, 6.45) is 3.38. The van der Waals surface area contributed by atoms with E-state index in [4.69, 9.17) is 9.47 Å². The summed E-state index contributed by atoms with van der Waals surface area (Å²) in [5, 5.41) is 0.773. The van der Waals surface area contributed by atoms with Crippen molar-refractivity contribution in [1.82, 2.24) is 9.97 Å². The fraction of sp³-hybridized carbons (Fsp3) is 0.231. The zero-order valence-electron chi connectivity index (χ0n) is 9.97. The van der Waals surface area contributed by atoms with Gasteiger partial charge in [-0.15, -0.1) is 0 Å². The third-order valence-corrected chi connectivity index (χ3v) is 3.01. The molecule has 0 saturated carbocycles. The first-order chi connectivity index (χ1) is 8.83.